The van der Waals surface area contributed by atoms with Crippen molar-refractivity contribution < 1.29 is 9.53 Å². The van der Waals surface area contributed by atoms with Crippen molar-refractivity contribution in [3.05, 3.63) is 54.6 Å². The largest absolute Gasteiger partial charge is 0.423 e. The average Bonchev–Trinajstić information content (AvgIpc) is 2.27. The van der Waals surface area contributed by atoms with Gasteiger partial charge in [-0.05, 0) is 25.5 Å². The van der Waals surface area contributed by atoms with Gasteiger partial charge in [-0.1, -0.05) is 30.4 Å². The molecule has 0 saturated heterocycles. The van der Waals surface area contributed by atoms with Crippen LogP contribution in [0.4, 0.5) is 0 Å². The Bertz CT molecular complexity index is 363. The van der Waals surface area contributed by atoms with Gasteiger partial charge in [-0.15, -0.1) is 6.58 Å². The number of carbonyl (C=O) groups is 1. The number of esters is 1. The molecule has 0 amide bonds. The third kappa shape index (κ3) is 3.81. The number of hydrogen-bond donors (Lipinski definition) is 0. The Balaban J connectivity index is 2.60. The van der Waals surface area contributed by atoms with Gasteiger partial charge >= 0.3 is 5.97 Å². The van der Waals surface area contributed by atoms with Crippen LogP contribution in [0.1, 0.15) is 13.3 Å². The highest BCUT2D eigenvalue weighted by Crippen LogP contribution is 2.10. The van der Waals surface area contributed by atoms with Crippen molar-refractivity contribution >= 4 is 5.97 Å². The maximum Gasteiger partial charge on any atom is 0.338 e. The molecular weight excluding hydrogens is 188 g/mol. The molecular formula is C13H14O2. The molecule has 1 aromatic rings. The monoisotopic (exact) mass is 202 g/mol. The van der Waals surface area contributed by atoms with Crippen molar-refractivity contribution in [1.82, 2.24) is 0 Å². The predicted octanol–water partition coefficient (Wildman–Crippen LogP) is 3.11. The number of ether oxygens (including phenoxy) is 1. The molecule has 0 saturated carbocycles. The number of allylic oxidation sites excluding steroid dienone is 2. The number of hydrogen-bond acceptors (Lipinski definition) is 2. The van der Waals surface area contributed by atoms with Crippen LogP contribution in [-0.2, 0) is 4.79 Å². The minimum atomic E-state index is -0.317. The molecule has 0 aromatic heterocycles. The molecule has 2 nitrogen and oxygen atoms in total. The third-order valence-corrected chi connectivity index (χ3v) is 1.87. The minimum absolute atomic E-state index is 0.317. The van der Waals surface area contributed by atoms with Crippen LogP contribution in [0.5, 0.6) is 5.75 Å². The quantitative estimate of drug-likeness (QED) is 0.324. The van der Waals surface area contributed by atoms with Gasteiger partial charge in [0, 0.05) is 5.57 Å². The zero-order valence-electron chi connectivity index (χ0n) is 8.77. The summed E-state index contributed by atoms with van der Waals surface area (Å²) in [6.07, 6.45) is 4.20. The summed E-state index contributed by atoms with van der Waals surface area (Å²) >= 11 is 0. The van der Waals surface area contributed by atoms with E-state index in [-0.39, 0.29) is 5.97 Å². The van der Waals surface area contributed by atoms with Gasteiger partial charge in [-0.2, -0.15) is 0 Å². The summed E-state index contributed by atoms with van der Waals surface area (Å²) in [5, 5.41) is 0. The lowest BCUT2D eigenvalue weighted by Gasteiger charge is -2.03. The van der Waals surface area contributed by atoms with Gasteiger partial charge in [-0.25, -0.2) is 4.79 Å². The van der Waals surface area contributed by atoms with Crippen molar-refractivity contribution in [3.63, 3.8) is 0 Å². The fraction of sp³-hybridized carbons (Fsp3) is 0.154. The highest BCUT2D eigenvalue weighted by molar-refractivity contribution is 5.89. The van der Waals surface area contributed by atoms with Crippen molar-refractivity contribution in [1.29, 1.82) is 0 Å². The molecule has 0 aliphatic rings. The zero-order valence-corrected chi connectivity index (χ0v) is 8.77. The van der Waals surface area contributed by atoms with Crippen molar-refractivity contribution in [2.45, 2.75) is 13.3 Å². The molecule has 0 atom stereocenters. The molecule has 1 rings (SSSR count). The summed E-state index contributed by atoms with van der Waals surface area (Å²) in [7, 11) is 0. The van der Waals surface area contributed by atoms with Crippen LogP contribution in [0.15, 0.2) is 54.6 Å². The van der Waals surface area contributed by atoms with E-state index in [1.54, 1.807) is 31.2 Å². The van der Waals surface area contributed by atoms with Gasteiger partial charge in [0.2, 0.25) is 0 Å². The fourth-order valence-electron chi connectivity index (χ4n) is 1.02. The Morgan fingerprint density at radius 3 is 2.67 bits per heavy atom. The lowest BCUT2D eigenvalue weighted by molar-refractivity contribution is -0.130. The van der Waals surface area contributed by atoms with Gasteiger partial charge in [0.05, 0.1) is 0 Å². The van der Waals surface area contributed by atoms with E-state index >= 15 is 0 Å². The highest BCUT2D eigenvalue weighted by atomic mass is 16.5. The number of carbonyl (C=O) groups excluding carboxylic acids is 1. The standard InChI is InChI=1S/C13H14O2/c1-3-4-8-11(2)13(14)15-12-9-6-5-7-10-12/h3,5-10H,1,4H2,2H3. The lowest BCUT2D eigenvalue weighted by atomic mass is 10.2. The first kappa shape index (κ1) is 11.2. The molecule has 0 fully saturated rings. The summed E-state index contributed by atoms with van der Waals surface area (Å²) in [6, 6.07) is 9.02. The van der Waals surface area contributed by atoms with Crippen LogP contribution in [0, 0.1) is 0 Å². The molecule has 0 N–H and O–H groups in total. The van der Waals surface area contributed by atoms with Gasteiger partial charge in [-0.3, -0.25) is 0 Å². The van der Waals surface area contributed by atoms with Gasteiger partial charge < -0.3 is 4.74 Å². The van der Waals surface area contributed by atoms with E-state index in [1.165, 1.54) is 0 Å². The molecule has 1 aromatic carbocycles. The molecule has 0 radical (unpaired) electrons. The summed E-state index contributed by atoms with van der Waals surface area (Å²) < 4.78 is 5.13. The maximum absolute atomic E-state index is 11.5. The maximum atomic E-state index is 11.5. The molecule has 2 heteroatoms. The summed E-state index contributed by atoms with van der Waals surface area (Å²) in [6.45, 7) is 5.31. The number of para-hydroxylation sites is 1. The van der Waals surface area contributed by atoms with Crippen molar-refractivity contribution in [2.24, 2.45) is 0 Å². The van der Waals surface area contributed by atoms with E-state index in [9.17, 15) is 4.79 Å². The van der Waals surface area contributed by atoms with Crippen LogP contribution < -0.4 is 4.74 Å². The Kier molecular flexibility index (Phi) is 4.35. The molecule has 15 heavy (non-hydrogen) atoms. The first-order chi connectivity index (χ1) is 7.24. The minimum Gasteiger partial charge on any atom is -0.423 e. The Morgan fingerprint density at radius 1 is 1.40 bits per heavy atom. The fourth-order valence-corrected chi connectivity index (χ4v) is 1.02. The normalized spacial score (nSPS) is 10.9. The topological polar surface area (TPSA) is 26.3 Å². The van der Waals surface area contributed by atoms with Gasteiger partial charge in [0.25, 0.3) is 0 Å². The first-order valence-electron chi connectivity index (χ1n) is 4.79. The molecule has 0 unspecified atom stereocenters. The lowest BCUT2D eigenvalue weighted by Crippen LogP contribution is -2.08. The van der Waals surface area contributed by atoms with Crippen LogP contribution in [0.3, 0.4) is 0 Å². The third-order valence-electron chi connectivity index (χ3n) is 1.87. The van der Waals surface area contributed by atoms with E-state index in [0.29, 0.717) is 17.7 Å². The first-order valence-corrected chi connectivity index (χ1v) is 4.79. The van der Waals surface area contributed by atoms with E-state index in [1.807, 2.05) is 18.2 Å². The highest BCUT2D eigenvalue weighted by Gasteiger charge is 2.05. The molecule has 0 bridgehead atoms. The zero-order chi connectivity index (χ0) is 11.1. The van der Waals surface area contributed by atoms with E-state index < -0.39 is 0 Å². The Hall–Kier alpha value is -1.83. The Labute approximate surface area is 89.9 Å². The average molecular weight is 202 g/mol. The number of benzene rings is 1. The summed E-state index contributed by atoms with van der Waals surface area (Å²) in [5.41, 5.74) is 0.596. The predicted molar refractivity (Wildman–Crippen MR) is 60.6 cm³/mol. The van der Waals surface area contributed by atoms with Crippen LogP contribution in [0.2, 0.25) is 0 Å². The number of rotatable bonds is 4. The van der Waals surface area contributed by atoms with E-state index in [4.69, 9.17) is 4.74 Å². The molecule has 0 aliphatic carbocycles. The second-order valence-corrected chi connectivity index (χ2v) is 3.11. The SMILES string of the molecule is C=CCC=C(C)C(=O)Oc1ccccc1. The van der Waals surface area contributed by atoms with E-state index in [0.717, 1.165) is 0 Å². The molecule has 78 valence electrons. The van der Waals surface area contributed by atoms with Crippen LogP contribution in [0.25, 0.3) is 0 Å². The molecule has 0 heterocycles. The van der Waals surface area contributed by atoms with Gasteiger partial charge in [0.15, 0.2) is 0 Å². The molecule has 0 aliphatic heterocycles. The van der Waals surface area contributed by atoms with Crippen molar-refractivity contribution in [2.75, 3.05) is 0 Å². The smallest absolute Gasteiger partial charge is 0.338 e. The van der Waals surface area contributed by atoms with E-state index in [2.05, 4.69) is 6.58 Å². The second-order valence-electron chi connectivity index (χ2n) is 3.11. The summed E-state index contributed by atoms with van der Waals surface area (Å²) in [4.78, 5) is 11.5. The Morgan fingerprint density at radius 2 is 2.07 bits per heavy atom. The summed E-state index contributed by atoms with van der Waals surface area (Å²) in [5.74, 6) is 0.247. The van der Waals surface area contributed by atoms with Crippen LogP contribution in [-0.4, -0.2) is 5.97 Å². The second kappa shape index (κ2) is 5.81. The van der Waals surface area contributed by atoms with Crippen LogP contribution >= 0.6 is 0 Å². The molecule has 0 spiro atoms. The van der Waals surface area contributed by atoms with Crippen molar-refractivity contribution in [3.8, 4) is 5.75 Å². The van der Waals surface area contributed by atoms with Gasteiger partial charge in [0.1, 0.15) is 5.75 Å².